The summed E-state index contributed by atoms with van der Waals surface area (Å²) in [6, 6.07) is 3.79. The molecule has 1 aliphatic carbocycles. The van der Waals surface area contributed by atoms with Crippen molar-refractivity contribution >= 4 is 12.0 Å². The molecule has 2 amide bonds. The number of aromatic nitrogens is 1. The van der Waals surface area contributed by atoms with Crippen molar-refractivity contribution in [1.29, 1.82) is 0 Å². The standard InChI is InChI=1S/C17H23N3O3/c21-16(22)15-11-20(10-14(15)12-5-4-8-18-9-12)17(23)19-13-6-2-1-3-7-13/h4-5,8-9,13-15H,1-3,6-7,10-11H2,(H,19,23)(H,21,22). The van der Waals surface area contributed by atoms with Gasteiger partial charge >= 0.3 is 12.0 Å². The van der Waals surface area contributed by atoms with Gasteiger partial charge in [0.05, 0.1) is 5.92 Å². The van der Waals surface area contributed by atoms with Crippen LogP contribution in [-0.4, -0.2) is 46.1 Å². The second-order valence-corrected chi connectivity index (χ2v) is 6.53. The molecule has 1 aromatic rings. The third-order valence-electron chi connectivity index (χ3n) is 4.97. The highest BCUT2D eigenvalue weighted by Crippen LogP contribution is 2.32. The molecule has 0 aromatic carbocycles. The van der Waals surface area contributed by atoms with Crippen molar-refractivity contribution in [3.63, 3.8) is 0 Å². The fourth-order valence-corrected chi connectivity index (χ4v) is 3.67. The molecule has 2 unspecified atom stereocenters. The normalized spacial score (nSPS) is 25.3. The number of carboxylic acid groups (broad SMARTS) is 1. The first-order chi connectivity index (χ1) is 11.1. The molecule has 0 radical (unpaired) electrons. The summed E-state index contributed by atoms with van der Waals surface area (Å²) in [5.74, 6) is -1.62. The number of carbonyl (C=O) groups is 2. The molecular formula is C17H23N3O3. The summed E-state index contributed by atoms with van der Waals surface area (Å²) in [6.45, 7) is 0.689. The largest absolute Gasteiger partial charge is 0.481 e. The van der Waals surface area contributed by atoms with Crippen LogP contribution in [0.5, 0.6) is 0 Å². The molecule has 0 spiro atoms. The number of likely N-dealkylation sites (tertiary alicyclic amines) is 1. The number of hydrogen-bond donors (Lipinski definition) is 2. The van der Waals surface area contributed by atoms with Gasteiger partial charge in [0.1, 0.15) is 0 Å². The zero-order valence-electron chi connectivity index (χ0n) is 13.1. The zero-order chi connectivity index (χ0) is 16.2. The summed E-state index contributed by atoms with van der Waals surface area (Å²) in [6.07, 6.45) is 8.95. The minimum absolute atomic E-state index is 0.130. The number of hydrogen-bond acceptors (Lipinski definition) is 3. The van der Waals surface area contributed by atoms with Gasteiger partial charge in [0.15, 0.2) is 0 Å². The van der Waals surface area contributed by atoms with E-state index in [1.165, 1.54) is 6.42 Å². The van der Waals surface area contributed by atoms with Crippen LogP contribution in [0.1, 0.15) is 43.6 Å². The van der Waals surface area contributed by atoms with E-state index in [1.807, 2.05) is 6.07 Å². The Labute approximate surface area is 135 Å². The monoisotopic (exact) mass is 317 g/mol. The molecule has 1 saturated carbocycles. The maximum Gasteiger partial charge on any atom is 0.317 e. The molecule has 2 fully saturated rings. The zero-order valence-corrected chi connectivity index (χ0v) is 13.1. The first kappa shape index (κ1) is 15.8. The van der Waals surface area contributed by atoms with Crippen LogP contribution in [0, 0.1) is 5.92 Å². The number of aliphatic carboxylic acids is 1. The van der Waals surface area contributed by atoms with Crippen molar-refractivity contribution in [2.45, 2.75) is 44.1 Å². The minimum Gasteiger partial charge on any atom is -0.481 e. The molecule has 2 heterocycles. The van der Waals surface area contributed by atoms with Crippen molar-refractivity contribution < 1.29 is 14.7 Å². The van der Waals surface area contributed by atoms with E-state index >= 15 is 0 Å². The average molecular weight is 317 g/mol. The Morgan fingerprint density at radius 1 is 1.22 bits per heavy atom. The van der Waals surface area contributed by atoms with Crippen LogP contribution >= 0.6 is 0 Å². The van der Waals surface area contributed by atoms with Gasteiger partial charge in [0.25, 0.3) is 0 Å². The average Bonchev–Trinajstić information content (AvgIpc) is 3.02. The van der Waals surface area contributed by atoms with Crippen LogP contribution < -0.4 is 5.32 Å². The van der Waals surface area contributed by atoms with E-state index in [0.717, 1.165) is 31.2 Å². The van der Waals surface area contributed by atoms with E-state index < -0.39 is 11.9 Å². The van der Waals surface area contributed by atoms with Crippen LogP contribution in [0.4, 0.5) is 4.79 Å². The molecule has 6 heteroatoms. The van der Waals surface area contributed by atoms with E-state index in [1.54, 1.807) is 23.4 Å². The summed E-state index contributed by atoms with van der Waals surface area (Å²) in [4.78, 5) is 29.7. The van der Waals surface area contributed by atoms with Gasteiger partial charge in [-0.3, -0.25) is 9.78 Å². The lowest BCUT2D eigenvalue weighted by atomic mass is 9.90. The van der Waals surface area contributed by atoms with Gasteiger partial charge in [0.2, 0.25) is 0 Å². The summed E-state index contributed by atoms with van der Waals surface area (Å²) < 4.78 is 0. The van der Waals surface area contributed by atoms with Crippen LogP contribution in [-0.2, 0) is 4.79 Å². The molecule has 1 aromatic heterocycles. The van der Waals surface area contributed by atoms with Gasteiger partial charge < -0.3 is 15.3 Å². The highest BCUT2D eigenvalue weighted by Gasteiger charge is 2.40. The molecule has 1 saturated heterocycles. The number of amides is 2. The van der Waals surface area contributed by atoms with Gasteiger partial charge in [-0.15, -0.1) is 0 Å². The Balaban J connectivity index is 1.67. The summed E-state index contributed by atoms with van der Waals surface area (Å²) in [5, 5.41) is 12.6. The van der Waals surface area contributed by atoms with E-state index in [-0.39, 0.29) is 24.5 Å². The fraction of sp³-hybridized carbons (Fsp3) is 0.588. The molecular weight excluding hydrogens is 294 g/mol. The summed E-state index contributed by atoms with van der Waals surface area (Å²) in [5.41, 5.74) is 0.882. The van der Waals surface area contributed by atoms with Crippen LogP contribution in [0.2, 0.25) is 0 Å². The predicted molar refractivity (Wildman–Crippen MR) is 85.1 cm³/mol. The number of nitrogens with one attached hydrogen (secondary N) is 1. The topological polar surface area (TPSA) is 82.5 Å². The van der Waals surface area contributed by atoms with Crippen LogP contribution in [0.25, 0.3) is 0 Å². The van der Waals surface area contributed by atoms with E-state index in [9.17, 15) is 14.7 Å². The molecule has 2 atom stereocenters. The Kier molecular flexibility index (Phi) is 4.79. The Morgan fingerprint density at radius 3 is 2.65 bits per heavy atom. The van der Waals surface area contributed by atoms with Gasteiger partial charge in [-0.2, -0.15) is 0 Å². The van der Waals surface area contributed by atoms with Gasteiger partial charge in [0, 0.05) is 37.4 Å². The SMILES string of the molecule is O=C(O)C1CN(C(=O)NC2CCCCC2)CC1c1cccnc1. The number of nitrogens with zero attached hydrogens (tertiary/aromatic N) is 2. The van der Waals surface area contributed by atoms with E-state index in [4.69, 9.17) is 0 Å². The summed E-state index contributed by atoms with van der Waals surface area (Å²) in [7, 11) is 0. The van der Waals surface area contributed by atoms with Crippen LogP contribution in [0.15, 0.2) is 24.5 Å². The smallest absolute Gasteiger partial charge is 0.317 e. The number of rotatable bonds is 3. The fourth-order valence-electron chi connectivity index (χ4n) is 3.67. The van der Waals surface area contributed by atoms with Crippen molar-refractivity contribution in [2.24, 2.45) is 5.92 Å². The second kappa shape index (κ2) is 6.98. The lowest BCUT2D eigenvalue weighted by Crippen LogP contribution is -2.44. The molecule has 6 nitrogen and oxygen atoms in total. The lowest BCUT2D eigenvalue weighted by Gasteiger charge is -2.26. The van der Waals surface area contributed by atoms with Crippen molar-refractivity contribution in [1.82, 2.24) is 15.2 Å². The van der Waals surface area contributed by atoms with Gasteiger partial charge in [-0.05, 0) is 24.5 Å². The minimum atomic E-state index is -0.855. The number of carbonyl (C=O) groups excluding carboxylic acids is 1. The maximum atomic E-state index is 12.5. The number of carboxylic acids is 1. The number of pyridine rings is 1. The highest BCUT2D eigenvalue weighted by atomic mass is 16.4. The lowest BCUT2D eigenvalue weighted by molar-refractivity contribution is -0.141. The number of urea groups is 1. The Hall–Kier alpha value is -2.11. The summed E-state index contributed by atoms with van der Waals surface area (Å²) >= 11 is 0. The van der Waals surface area contributed by atoms with Gasteiger partial charge in [-0.25, -0.2) is 4.79 Å². The Bertz CT molecular complexity index is 557. The first-order valence-electron chi connectivity index (χ1n) is 8.33. The molecule has 23 heavy (non-hydrogen) atoms. The van der Waals surface area contributed by atoms with Crippen LogP contribution in [0.3, 0.4) is 0 Å². The molecule has 2 N–H and O–H groups in total. The third kappa shape index (κ3) is 3.63. The van der Waals surface area contributed by atoms with Crippen molar-refractivity contribution in [3.8, 4) is 0 Å². The van der Waals surface area contributed by atoms with Crippen molar-refractivity contribution in [2.75, 3.05) is 13.1 Å². The van der Waals surface area contributed by atoms with Gasteiger partial charge in [-0.1, -0.05) is 25.3 Å². The quantitative estimate of drug-likeness (QED) is 0.895. The third-order valence-corrected chi connectivity index (χ3v) is 4.97. The molecule has 124 valence electrons. The van der Waals surface area contributed by atoms with Crippen molar-refractivity contribution in [3.05, 3.63) is 30.1 Å². The first-order valence-corrected chi connectivity index (χ1v) is 8.33. The molecule has 0 bridgehead atoms. The highest BCUT2D eigenvalue weighted by molar-refractivity contribution is 5.78. The molecule has 2 aliphatic rings. The second-order valence-electron chi connectivity index (χ2n) is 6.53. The van der Waals surface area contributed by atoms with E-state index in [0.29, 0.717) is 6.54 Å². The predicted octanol–water partition coefficient (Wildman–Crippen LogP) is 2.22. The molecule has 3 rings (SSSR count). The maximum absolute atomic E-state index is 12.5. The molecule has 1 aliphatic heterocycles. The Morgan fingerprint density at radius 2 is 2.00 bits per heavy atom. The van der Waals surface area contributed by atoms with E-state index in [2.05, 4.69) is 10.3 Å².